The first-order valence-corrected chi connectivity index (χ1v) is 8.54. The first-order valence-electron chi connectivity index (χ1n) is 7.78. The Kier molecular flexibility index (Phi) is 6.86. The lowest BCUT2D eigenvalue weighted by atomic mass is 10.1. The molecule has 7 heteroatoms. The molecule has 0 atom stereocenters. The predicted molar refractivity (Wildman–Crippen MR) is 93.9 cm³/mol. The monoisotopic (exact) mass is 345 g/mol. The molecule has 1 aromatic rings. The molecule has 2 N–H and O–H groups in total. The Morgan fingerprint density at radius 3 is 2.55 bits per heavy atom. The highest BCUT2D eigenvalue weighted by atomic mass is 35.5. The quantitative estimate of drug-likeness (QED) is 0.636. The molecule has 0 aromatic carbocycles. The molecule has 0 amide bonds. The van der Waals surface area contributed by atoms with E-state index in [9.17, 15) is 0 Å². The van der Waals surface area contributed by atoms with Gasteiger partial charge in [0, 0.05) is 32.9 Å². The van der Waals surface area contributed by atoms with Crippen LogP contribution < -0.4 is 10.6 Å². The number of aromatic nitrogens is 1. The van der Waals surface area contributed by atoms with Crippen molar-refractivity contribution < 1.29 is 0 Å². The van der Waals surface area contributed by atoms with Crippen molar-refractivity contribution in [2.24, 2.45) is 12.0 Å². The third-order valence-corrected chi connectivity index (χ3v) is 4.89. The largest absolute Gasteiger partial charge is 0.355 e. The number of halogens is 2. The minimum absolute atomic E-state index is 0.562. The van der Waals surface area contributed by atoms with Gasteiger partial charge in [0.05, 0.1) is 11.6 Å². The van der Waals surface area contributed by atoms with Crippen LogP contribution in [0.25, 0.3) is 0 Å². The molecule has 2 rings (SSSR count). The molecule has 1 aliphatic heterocycles. The molecule has 0 aliphatic carbocycles. The summed E-state index contributed by atoms with van der Waals surface area (Å²) in [5.41, 5.74) is 1.02. The van der Waals surface area contributed by atoms with Gasteiger partial charge >= 0.3 is 0 Å². The summed E-state index contributed by atoms with van der Waals surface area (Å²) >= 11 is 12.1. The van der Waals surface area contributed by atoms with Crippen molar-refractivity contribution in [2.45, 2.75) is 25.8 Å². The van der Waals surface area contributed by atoms with Gasteiger partial charge < -0.3 is 20.1 Å². The summed E-state index contributed by atoms with van der Waals surface area (Å²) in [5.74, 6) is 0.797. The van der Waals surface area contributed by atoms with Crippen molar-refractivity contribution in [2.75, 3.05) is 33.2 Å². The van der Waals surface area contributed by atoms with Crippen LogP contribution in [0, 0.1) is 0 Å². The maximum Gasteiger partial charge on any atom is 0.191 e. The van der Waals surface area contributed by atoms with E-state index in [2.05, 4.69) is 20.5 Å². The Hall–Kier alpha value is -0.910. The number of aliphatic imine (C=N–C) groups is 1. The van der Waals surface area contributed by atoms with E-state index >= 15 is 0 Å². The molecule has 0 spiro atoms. The van der Waals surface area contributed by atoms with Crippen LogP contribution in [0.1, 0.15) is 25.0 Å². The number of guanidine groups is 1. The van der Waals surface area contributed by atoms with Crippen molar-refractivity contribution in [1.29, 1.82) is 0 Å². The fourth-order valence-corrected chi connectivity index (χ4v) is 3.08. The first-order chi connectivity index (χ1) is 10.6. The van der Waals surface area contributed by atoms with Gasteiger partial charge in [-0.3, -0.25) is 4.99 Å². The Morgan fingerprint density at radius 1 is 1.23 bits per heavy atom. The zero-order valence-electron chi connectivity index (χ0n) is 13.3. The van der Waals surface area contributed by atoms with Crippen LogP contribution in [0.5, 0.6) is 0 Å². The average molecular weight is 346 g/mol. The molecule has 0 saturated carbocycles. The maximum absolute atomic E-state index is 6.07. The molecule has 124 valence electrons. The Balaban J connectivity index is 1.74. The van der Waals surface area contributed by atoms with Crippen LogP contribution in [-0.4, -0.2) is 48.7 Å². The van der Waals surface area contributed by atoms with Crippen molar-refractivity contribution in [3.05, 3.63) is 21.9 Å². The van der Waals surface area contributed by atoms with Gasteiger partial charge in [-0.1, -0.05) is 29.6 Å². The normalized spacial score (nSPS) is 16.8. The molecule has 1 aromatic heterocycles. The fourth-order valence-electron chi connectivity index (χ4n) is 2.67. The zero-order chi connectivity index (χ0) is 15.9. The number of nitrogens with zero attached hydrogens (tertiary/aromatic N) is 3. The van der Waals surface area contributed by atoms with Gasteiger partial charge in [0.2, 0.25) is 0 Å². The van der Waals surface area contributed by atoms with Crippen LogP contribution in [0.4, 0.5) is 0 Å². The number of piperidine rings is 1. The summed E-state index contributed by atoms with van der Waals surface area (Å²) in [4.78, 5) is 6.75. The van der Waals surface area contributed by atoms with E-state index < -0.39 is 0 Å². The molecular formula is C15H25Cl2N5. The SMILES string of the molecule is CN=C(NCCN1CCCCC1)NCc1cc(Cl)c(Cl)n1C. The Labute approximate surface area is 142 Å². The summed E-state index contributed by atoms with van der Waals surface area (Å²) in [6.45, 7) is 5.02. The van der Waals surface area contributed by atoms with Crippen LogP contribution in [0.2, 0.25) is 10.2 Å². The molecule has 1 saturated heterocycles. The van der Waals surface area contributed by atoms with E-state index in [1.807, 2.05) is 17.7 Å². The predicted octanol–water partition coefficient (Wildman–Crippen LogP) is 2.48. The zero-order valence-corrected chi connectivity index (χ0v) is 14.8. The van der Waals surface area contributed by atoms with Crippen molar-refractivity contribution in [3.8, 4) is 0 Å². The average Bonchev–Trinajstić information content (AvgIpc) is 2.79. The van der Waals surface area contributed by atoms with E-state index in [0.29, 0.717) is 16.7 Å². The highest BCUT2D eigenvalue weighted by Crippen LogP contribution is 2.24. The third-order valence-electron chi connectivity index (χ3n) is 4.05. The number of rotatable bonds is 5. The Bertz CT molecular complexity index is 506. The van der Waals surface area contributed by atoms with Gasteiger partial charge in [-0.15, -0.1) is 0 Å². The third kappa shape index (κ3) is 4.80. The van der Waals surface area contributed by atoms with Crippen LogP contribution >= 0.6 is 23.2 Å². The summed E-state index contributed by atoms with van der Waals surface area (Å²) in [6, 6.07) is 1.87. The standard InChI is InChI=1S/C15H25Cl2N5/c1-18-15(19-6-9-22-7-4-3-5-8-22)20-11-12-10-13(16)14(17)21(12)2/h10H,3-9,11H2,1-2H3,(H2,18,19,20). The second kappa shape index (κ2) is 8.65. The topological polar surface area (TPSA) is 44.6 Å². The number of hydrogen-bond donors (Lipinski definition) is 2. The first kappa shape index (κ1) is 17.4. The van der Waals surface area contributed by atoms with E-state index in [0.717, 1.165) is 24.7 Å². The number of likely N-dealkylation sites (tertiary alicyclic amines) is 1. The lowest BCUT2D eigenvalue weighted by Crippen LogP contribution is -2.42. The smallest absolute Gasteiger partial charge is 0.191 e. The minimum Gasteiger partial charge on any atom is -0.355 e. The lowest BCUT2D eigenvalue weighted by Gasteiger charge is -2.26. The minimum atomic E-state index is 0.562. The van der Waals surface area contributed by atoms with Crippen LogP contribution in [-0.2, 0) is 13.6 Å². The van der Waals surface area contributed by atoms with Gasteiger partial charge in [-0.2, -0.15) is 0 Å². The lowest BCUT2D eigenvalue weighted by molar-refractivity contribution is 0.232. The van der Waals surface area contributed by atoms with E-state index in [4.69, 9.17) is 23.2 Å². The molecule has 0 bridgehead atoms. The van der Waals surface area contributed by atoms with Gasteiger partial charge in [-0.05, 0) is 32.0 Å². The summed E-state index contributed by atoms with van der Waals surface area (Å²) < 4.78 is 1.87. The van der Waals surface area contributed by atoms with E-state index in [1.165, 1.54) is 32.4 Å². The van der Waals surface area contributed by atoms with E-state index in [-0.39, 0.29) is 0 Å². The van der Waals surface area contributed by atoms with Crippen LogP contribution in [0.15, 0.2) is 11.1 Å². The molecule has 22 heavy (non-hydrogen) atoms. The Morgan fingerprint density at radius 2 is 1.95 bits per heavy atom. The summed E-state index contributed by atoms with van der Waals surface area (Å²) in [7, 11) is 3.68. The summed E-state index contributed by atoms with van der Waals surface area (Å²) in [5, 5.41) is 7.78. The van der Waals surface area contributed by atoms with Crippen molar-refractivity contribution in [3.63, 3.8) is 0 Å². The molecule has 0 radical (unpaired) electrons. The molecule has 5 nitrogen and oxygen atoms in total. The second-order valence-electron chi connectivity index (χ2n) is 5.59. The molecule has 2 heterocycles. The molecule has 1 aliphatic rings. The highest BCUT2D eigenvalue weighted by Gasteiger charge is 2.11. The van der Waals surface area contributed by atoms with Gasteiger partial charge in [0.15, 0.2) is 5.96 Å². The molecule has 1 fully saturated rings. The highest BCUT2D eigenvalue weighted by molar-refractivity contribution is 6.41. The van der Waals surface area contributed by atoms with Gasteiger partial charge in [-0.25, -0.2) is 0 Å². The number of hydrogen-bond acceptors (Lipinski definition) is 2. The molecular weight excluding hydrogens is 321 g/mol. The van der Waals surface area contributed by atoms with Crippen molar-refractivity contribution >= 4 is 29.2 Å². The van der Waals surface area contributed by atoms with E-state index in [1.54, 1.807) is 7.05 Å². The maximum atomic E-state index is 6.07. The van der Waals surface area contributed by atoms with Gasteiger partial charge in [0.25, 0.3) is 0 Å². The summed E-state index contributed by atoms with van der Waals surface area (Å²) in [6.07, 6.45) is 4.01. The van der Waals surface area contributed by atoms with Gasteiger partial charge in [0.1, 0.15) is 5.15 Å². The second-order valence-corrected chi connectivity index (χ2v) is 6.35. The fraction of sp³-hybridized carbons (Fsp3) is 0.667. The molecule has 0 unspecified atom stereocenters. The van der Waals surface area contributed by atoms with Crippen LogP contribution in [0.3, 0.4) is 0 Å². The number of nitrogens with one attached hydrogen (secondary N) is 2. The van der Waals surface area contributed by atoms with Crippen molar-refractivity contribution in [1.82, 2.24) is 20.1 Å².